The largest absolute Gasteiger partial charge is 0.396 e. The Bertz CT molecular complexity index is 1010. The van der Waals surface area contributed by atoms with Crippen LogP contribution in [-0.2, 0) is 0 Å². The molecule has 2 aromatic heterocycles. The van der Waals surface area contributed by atoms with E-state index in [1.54, 1.807) is 22.6 Å². The number of nitrogens with zero attached hydrogens (tertiary/aromatic N) is 5. The number of nitrogen functional groups attached to an aromatic ring is 1. The minimum Gasteiger partial charge on any atom is -0.396 e. The predicted molar refractivity (Wildman–Crippen MR) is 84.8 cm³/mol. The lowest BCUT2D eigenvalue weighted by atomic mass is 10.2. The summed E-state index contributed by atoms with van der Waals surface area (Å²) in [5, 5.41) is 8.46. The van der Waals surface area contributed by atoms with Gasteiger partial charge in [-0.05, 0) is 24.3 Å². The summed E-state index contributed by atoms with van der Waals surface area (Å²) >= 11 is 0. The van der Waals surface area contributed by atoms with Gasteiger partial charge in [0.2, 0.25) is 0 Å². The summed E-state index contributed by atoms with van der Waals surface area (Å²) < 4.78 is 15.7. The van der Waals surface area contributed by atoms with Crippen LogP contribution in [0.25, 0.3) is 16.7 Å². The highest BCUT2D eigenvalue weighted by Crippen LogP contribution is 2.31. The molecule has 0 spiro atoms. The molecule has 2 aromatic carbocycles. The van der Waals surface area contributed by atoms with Crippen molar-refractivity contribution in [2.75, 3.05) is 17.7 Å². The zero-order valence-electron chi connectivity index (χ0n) is 12.2. The Labute approximate surface area is 131 Å². The van der Waals surface area contributed by atoms with E-state index < -0.39 is 5.82 Å². The second kappa shape index (κ2) is 4.81. The molecule has 2 heterocycles. The Balaban J connectivity index is 2.06. The van der Waals surface area contributed by atoms with Crippen LogP contribution < -0.4 is 10.6 Å². The Kier molecular flexibility index (Phi) is 2.78. The number of fused-ring (bicyclic) bond motifs is 3. The maximum atomic E-state index is 14.0. The first-order chi connectivity index (χ1) is 11.1. The van der Waals surface area contributed by atoms with Gasteiger partial charge in [-0.3, -0.25) is 4.40 Å². The van der Waals surface area contributed by atoms with Gasteiger partial charge in [-0.15, -0.1) is 10.2 Å². The molecule has 0 bridgehead atoms. The van der Waals surface area contributed by atoms with Crippen molar-refractivity contribution < 1.29 is 4.39 Å². The number of aromatic nitrogens is 4. The summed E-state index contributed by atoms with van der Waals surface area (Å²) in [6.07, 6.45) is 1.52. The number of anilines is 3. The van der Waals surface area contributed by atoms with E-state index in [4.69, 9.17) is 5.73 Å². The van der Waals surface area contributed by atoms with Crippen molar-refractivity contribution in [1.29, 1.82) is 0 Å². The molecule has 2 N–H and O–H groups in total. The maximum absolute atomic E-state index is 14.0. The lowest BCUT2D eigenvalue weighted by molar-refractivity contribution is 0.634. The zero-order chi connectivity index (χ0) is 16.0. The summed E-state index contributed by atoms with van der Waals surface area (Å²) in [5.74, 6) is 0.477. The molecule has 0 aliphatic carbocycles. The van der Waals surface area contributed by atoms with Gasteiger partial charge in [-0.25, -0.2) is 4.39 Å². The molecule has 0 aliphatic rings. The van der Waals surface area contributed by atoms with Gasteiger partial charge >= 0.3 is 0 Å². The van der Waals surface area contributed by atoms with Crippen LogP contribution in [0, 0.1) is 17.9 Å². The number of hydrogen-bond donors (Lipinski definition) is 1. The van der Waals surface area contributed by atoms with E-state index in [0.717, 1.165) is 5.69 Å². The maximum Gasteiger partial charge on any atom is 0.257 e. The van der Waals surface area contributed by atoms with Gasteiger partial charge in [0.25, 0.3) is 5.78 Å². The molecule has 0 radical (unpaired) electrons. The van der Waals surface area contributed by atoms with Crippen LogP contribution in [0.5, 0.6) is 0 Å². The zero-order valence-corrected chi connectivity index (χ0v) is 12.2. The highest BCUT2D eigenvalue weighted by molar-refractivity contribution is 5.95. The molecule has 6 nitrogen and oxygen atoms in total. The van der Waals surface area contributed by atoms with E-state index in [-0.39, 0.29) is 5.69 Å². The molecule has 23 heavy (non-hydrogen) atoms. The quantitative estimate of drug-likeness (QED) is 0.576. The summed E-state index contributed by atoms with van der Waals surface area (Å²) in [4.78, 5) is 6.32. The first-order valence-electron chi connectivity index (χ1n) is 6.85. The molecule has 0 amide bonds. The van der Waals surface area contributed by atoms with E-state index in [2.05, 4.69) is 27.3 Å². The third-order valence-electron chi connectivity index (χ3n) is 3.70. The van der Waals surface area contributed by atoms with E-state index in [9.17, 15) is 4.39 Å². The fraction of sp³-hybridized carbons (Fsp3) is 0.0625. The molecule has 0 saturated heterocycles. The highest BCUT2D eigenvalue weighted by atomic mass is 19.1. The van der Waals surface area contributed by atoms with Crippen LogP contribution in [0.4, 0.5) is 21.6 Å². The number of benzene rings is 1. The van der Waals surface area contributed by atoms with Crippen molar-refractivity contribution in [3.8, 4) is 0 Å². The first-order valence-corrected chi connectivity index (χ1v) is 6.85. The van der Waals surface area contributed by atoms with E-state index >= 15 is 0 Å². The third kappa shape index (κ3) is 2.00. The molecule has 4 rings (SSSR count). The minimum atomic E-state index is -0.491. The topological polar surface area (TPSA) is 72.3 Å². The molecular formula is C16H11FN6. The van der Waals surface area contributed by atoms with Crippen molar-refractivity contribution in [1.82, 2.24) is 19.6 Å². The van der Waals surface area contributed by atoms with Crippen molar-refractivity contribution in [3.63, 3.8) is 0 Å². The van der Waals surface area contributed by atoms with E-state index in [0.29, 0.717) is 22.5 Å². The van der Waals surface area contributed by atoms with E-state index in [1.807, 2.05) is 18.0 Å². The Morgan fingerprint density at radius 2 is 2.17 bits per heavy atom. The number of rotatable bonds is 2. The molecule has 0 saturated carbocycles. The lowest BCUT2D eigenvalue weighted by Gasteiger charge is -2.20. The minimum absolute atomic E-state index is 0.0648. The molecule has 4 aromatic rings. The molecule has 0 unspecified atom stereocenters. The van der Waals surface area contributed by atoms with Gasteiger partial charge in [0, 0.05) is 18.5 Å². The fourth-order valence-corrected chi connectivity index (χ4v) is 2.51. The second-order valence-corrected chi connectivity index (χ2v) is 5.08. The fourth-order valence-electron chi connectivity index (χ4n) is 2.51. The van der Waals surface area contributed by atoms with Crippen LogP contribution in [0.3, 0.4) is 0 Å². The summed E-state index contributed by atoms with van der Waals surface area (Å²) in [6.45, 7) is 0. The van der Waals surface area contributed by atoms with Gasteiger partial charge in [-0.1, -0.05) is 12.1 Å². The first kappa shape index (κ1) is 13.3. The van der Waals surface area contributed by atoms with Gasteiger partial charge in [0.1, 0.15) is 18.0 Å². The molecule has 0 atom stereocenters. The number of halogens is 1. The van der Waals surface area contributed by atoms with Crippen LogP contribution in [0.2, 0.25) is 0 Å². The average molecular weight is 306 g/mol. The van der Waals surface area contributed by atoms with Gasteiger partial charge in [-0.2, -0.15) is 4.98 Å². The Morgan fingerprint density at radius 1 is 1.30 bits per heavy atom. The van der Waals surface area contributed by atoms with Gasteiger partial charge < -0.3 is 10.6 Å². The van der Waals surface area contributed by atoms with Gasteiger partial charge in [0.15, 0.2) is 0 Å². The predicted octanol–water partition coefficient (Wildman–Crippen LogP) is 2.37. The van der Waals surface area contributed by atoms with Crippen molar-refractivity contribution in [2.45, 2.75) is 0 Å². The standard InChI is InChI=1S/C16H11FN6/c1-22(10-5-3-2-4-6-10)15-11-7-12(17)13(18)8-14(11)23-9-19-21-16(23)20-15/h3,5-9H,18H2,1H3. The summed E-state index contributed by atoms with van der Waals surface area (Å²) in [5.41, 5.74) is 7.31. The SMILES string of the molecule is CN(c1cc#ccc1)c1nc2nncn2c2cc(N)c(F)cc12. The number of nitrogens with two attached hydrogens (primary N) is 1. The van der Waals surface area contributed by atoms with Crippen molar-refractivity contribution in [3.05, 3.63) is 54.6 Å². The molecule has 112 valence electrons. The Morgan fingerprint density at radius 3 is 2.96 bits per heavy atom. The summed E-state index contributed by atoms with van der Waals surface area (Å²) in [7, 11) is 1.84. The van der Waals surface area contributed by atoms with Gasteiger partial charge in [0.05, 0.1) is 16.9 Å². The second-order valence-electron chi connectivity index (χ2n) is 5.08. The van der Waals surface area contributed by atoms with Crippen LogP contribution >= 0.6 is 0 Å². The number of hydrogen-bond acceptors (Lipinski definition) is 5. The Hall–Kier alpha value is -3.40. The third-order valence-corrected chi connectivity index (χ3v) is 3.70. The lowest BCUT2D eigenvalue weighted by Crippen LogP contribution is -2.13. The van der Waals surface area contributed by atoms with E-state index in [1.165, 1.54) is 12.4 Å². The van der Waals surface area contributed by atoms with Crippen molar-refractivity contribution >= 4 is 33.9 Å². The highest BCUT2D eigenvalue weighted by Gasteiger charge is 2.16. The smallest absolute Gasteiger partial charge is 0.257 e. The van der Waals surface area contributed by atoms with Crippen LogP contribution in [0.15, 0.2) is 36.7 Å². The molecule has 7 heteroatoms. The summed E-state index contributed by atoms with van der Waals surface area (Å²) in [6, 6.07) is 14.1. The van der Waals surface area contributed by atoms with Crippen LogP contribution in [0.1, 0.15) is 0 Å². The monoisotopic (exact) mass is 306 g/mol. The average Bonchev–Trinajstić information content (AvgIpc) is 3.04. The van der Waals surface area contributed by atoms with Crippen molar-refractivity contribution in [2.24, 2.45) is 0 Å². The molecular weight excluding hydrogens is 295 g/mol. The molecule has 0 fully saturated rings. The molecule has 0 aliphatic heterocycles. The normalized spacial score (nSPS) is 10.9. The van der Waals surface area contributed by atoms with Crippen LogP contribution in [-0.4, -0.2) is 26.6 Å².